The molecule has 0 spiro atoms. The molecule has 0 atom stereocenters. The van der Waals surface area contributed by atoms with Crippen LogP contribution in [0.5, 0.6) is 0 Å². The Kier molecular flexibility index (Phi) is 6.20. The summed E-state index contributed by atoms with van der Waals surface area (Å²) in [6, 6.07) is 3.00. The zero-order chi connectivity index (χ0) is 21.3. The van der Waals surface area contributed by atoms with E-state index >= 15 is 0 Å². The summed E-state index contributed by atoms with van der Waals surface area (Å²) in [5.74, 6) is 0.885. The average Bonchev–Trinajstić information content (AvgIpc) is 3.09. The van der Waals surface area contributed by atoms with Crippen LogP contribution in [0.1, 0.15) is 46.5 Å². The molecule has 1 N–H and O–H groups in total. The summed E-state index contributed by atoms with van der Waals surface area (Å²) in [6.45, 7) is 9.07. The third-order valence-electron chi connectivity index (χ3n) is 5.92. The third-order valence-corrected chi connectivity index (χ3v) is 6.56. The van der Waals surface area contributed by atoms with Crippen LogP contribution in [-0.2, 0) is 4.74 Å². The standard InChI is InChI=1S/C21H31BrN6O2/c1-21(2,3)30-20(29)27-12-10-26(11-13-27)16-6-4-15(5-7-16)25-19-18-17(22)8-9-28(18)24-14-23-19/h8-9,14-16H,4-7,10-13H2,1-3H3,(H,23,24,25). The van der Waals surface area contributed by atoms with Gasteiger partial charge in [0.1, 0.15) is 17.4 Å². The summed E-state index contributed by atoms with van der Waals surface area (Å²) in [7, 11) is 0. The number of hydrogen-bond acceptors (Lipinski definition) is 6. The number of amides is 1. The van der Waals surface area contributed by atoms with E-state index in [1.54, 1.807) is 6.33 Å². The van der Waals surface area contributed by atoms with Gasteiger partial charge in [0.15, 0.2) is 5.82 Å². The van der Waals surface area contributed by atoms with Crippen molar-refractivity contribution in [1.29, 1.82) is 0 Å². The molecule has 2 aliphatic rings. The number of halogens is 1. The fourth-order valence-corrected chi connectivity index (χ4v) is 4.89. The first-order chi connectivity index (χ1) is 14.3. The van der Waals surface area contributed by atoms with E-state index in [1.165, 1.54) is 0 Å². The second kappa shape index (κ2) is 8.70. The number of hydrogen-bond donors (Lipinski definition) is 1. The topological polar surface area (TPSA) is 75.0 Å². The first-order valence-corrected chi connectivity index (χ1v) is 11.6. The van der Waals surface area contributed by atoms with Gasteiger partial charge in [-0.15, -0.1) is 0 Å². The minimum absolute atomic E-state index is 0.192. The SMILES string of the molecule is CC(C)(C)OC(=O)N1CCN(C2CCC(Nc3ncnn4ccc(Br)c34)CC2)CC1. The van der Waals surface area contributed by atoms with Gasteiger partial charge in [-0.25, -0.2) is 14.3 Å². The molecular formula is C21H31BrN6O2. The molecule has 0 bridgehead atoms. The van der Waals surface area contributed by atoms with Gasteiger partial charge in [0.05, 0.1) is 0 Å². The van der Waals surface area contributed by atoms with Crippen molar-refractivity contribution >= 4 is 33.4 Å². The maximum Gasteiger partial charge on any atom is 0.410 e. The van der Waals surface area contributed by atoms with Crippen molar-refractivity contribution in [3.8, 4) is 0 Å². The van der Waals surface area contributed by atoms with E-state index in [0.717, 1.165) is 67.7 Å². The maximum atomic E-state index is 12.3. The number of anilines is 1. The number of fused-ring (bicyclic) bond motifs is 1. The van der Waals surface area contributed by atoms with E-state index in [-0.39, 0.29) is 6.09 Å². The second-order valence-corrected chi connectivity index (χ2v) is 10.1. The number of nitrogens with one attached hydrogen (secondary N) is 1. The van der Waals surface area contributed by atoms with Crippen LogP contribution in [0.4, 0.5) is 10.6 Å². The predicted octanol–water partition coefficient (Wildman–Crippen LogP) is 3.77. The molecule has 164 valence electrons. The molecule has 2 aromatic heterocycles. The van der Waals surface area contributed by atoms with Crippen molar-refractivity contribution < 1.29 is 9.53 Å². The molecule has 0 unspecified atom stereocenters. The lowest BCUT2D eigenvalue weighted by Gasteiger charge is -2.42. The summed E-state index contributed by atoms with van der Waals surface area (Å²) in [5, 5.41) is 7.89. The monoisotopic (exact) mass is 478 g/mol. The molecule has 2 aromatic rings. The van der Waals surface area contributed by atoms with Crippen molar-refractivity contribution in [3.63, 3.8) is 0 Å². The molecule has 4 rings (SSSR count). The predicted molar refractivity (Wildman–Crippen MR) is 120 cm³/mol. The molecule has 1 saturated carbocycles. The molecule has 1 aliphatic heterocycles. The van der Waals surface area contributed by atoms with E-state index in [0.29, 0.717) is 12.1 Å². The van der Waals surface area contributed by atoms with Crippen molar-refractivity contribution in [3.05, 3.63) is 23.1 Å². The van der Waals surface area contributed by atoms with Crippen LogP contribution < -0.4 is 5.32 Å². The zero-order valence-corrected chi connectivity index (χ0v) is 19.6. The second-order valence-electron chi connectivity index (χ2n) is 9.22. The number of carbonyl (C=O) groups is 1. The van der Waals surface area contributed by atoms with Gasteiger partial charge in [-0.2, -0.15) is 5.10 Å². The highest BCUT2D eigenvalue weighted by Crippen LogP contribution is 2.29. The molecule has 3 heterocycles. The fourth-order valence-electron chi connectivity index (χ4n) is 4.40. The van der Waals surface area contributed by atoms with Crippen LogP contribution >= 0.6 is 15.9 Å². The van der Waals surface area contributed by atoms with Gasteiger partial charge in [0.25, 0.3) is 0 Å². The smallest absolute Gasteiger partial charge is 0.410 e. The first kappa shape index (κ1) is 21.4. The fraction of sp³-hybridized carbons (Fsp3) is 0.667. The Morgan fingerprint density at radius 1 is 1.17 bits per heavy atom. The number of piperazine rings is 1. The Bertz CT molecular complexity index is 879. The van der Waals surface area contributed by atoms with E-state index in [2.05, 4.69) is 36.2 Å². The van der Waals surface area contributed by atoms with Gasteiger partial charge in [0.2, 0.25) is 0 Å². The van der Waals surface area contributed by atoms with Crippen molar-refractivity contribution in [2.45, 2.75) is 64.1 Å². The van der Waals surface area contributed by atoms with Crippen LogP contribution in [0, 0.1) is 0 Å². The Balaban J connectivity index is 1.26. The number of carbonyl (C=O) groups excluding carboxylic acids is 1. The van der Waals surface area contributed by atoms with Gasteiger partial charge in [-0.05, 0) is 68.5 Å². The third kappa shape index (κ3) is 4.88. The van der Waals surface area contributed by atoms with Gasteiger partial charge < -0.3 is 15.0 Å². The van der Waals surface area contributed by atoms with Crippen molar-refractivity contribution in [2.75, 3.05) is 31.5 Å². The van der Waals surface area contributed by atoms with E-state index in [1.807, 2.05) is 42.4 Å². The lowest BCUT2D eigenvalue weighted by atomic mass is 9.89. The minimum Gasteiger partial charge on any atom is -0.444 e. The molecular weight excluding hydrogens is 448 g/mol. The highest BCUT2D eigenvalue weighted by molar-refractivity contribution is 9.10. The maximum absolute atomic E-state index is 12.3. The van der Waals surface area contributed by atoms with Crippen LogP contribution in [-0.4, -0.2) is 74.4 Å². The minimum atomic E-state index is -0.439. The highest BCUT2D eigenvalue weighted by atomic mass is 79.9. The summed E-state index contributed by atoms with van der Waals surface area (Å²) >= 11 is 3.59. The number of rotatable bonds is 3. The molecule has 0 aromatic carbocycles. The van der Waals surface area contributed by atoms with Crippen LogP contribution in [0.25, 0.3) is 5.52 Å². The van der Waals surface area contributed by atoms with Crippen molar-refractivity contribution in [1.82, 2.24) is 24.4 Å². The molecule has 30 heavy (non-hydrogen) atoms. The Hall–Kier alpha value is -1.87. The normalized spacial score (nSPS) is 23.5. The van der Waals surface area contributed by atoms with E-state index in [4.69, 9.17) is 4.74 Å². The van der Waals surface area contributed by atoms with Crippen LogP contribution in [0.3, 0.4) is 0 Å². The van der Waals surface area contributed by atoms with E-state index < -0.39 is 5.60 Å². The summed E-state index contributed by atoms with van der Waals surface area (Å²) in [5.41, 5.74) is 0.545. The molecule has 1 aliphatic carbocycles. The lowest BCUT2D eigenvalue weighted by Crippen LogP contribution is -2.53. The van der Waals surface area contributed by atoms with E-state index in [9.17, 15) is 4.79 Å². The number of nitrogens with zero attached hydrogens (tertiary/aromatic N) is 5. The summed E-state index contributed by atoms with van der Waals surface area (Å²) < 4.78 is 8.35. The Morgan fingerprint density at radius 3 is 2.53 bits per heavy atom. The molecule has 2 fully saturated rings. The van der Waals surface area contributed by atoms with Gasteiger partial charge in [-0.3, -0.25) is 4.90 Å². The first-order valence-electron chi connectivity index (χ1n) is 10.8. The van der Waals surface area contributed by atoms with Crippen molar-refractivity contribution in [2.24, 2.45) is 0 Å². The average molecular weight is 479 g/mol. The highest BCUT2D eigenvalue weighted by Gasteiger charge is 2.31. The summed E-state index contributed by atoms with van der Waals surface area (Å²) in [6.07, 6.45) is 7.89. The molecule has 1 amide bonds. The molecule has 8 nitrogen and oxygen atoms in total. The lowest BCUT2D eigenvalue weighted by molar-refractivity contribution is 0.00806. The van der Waals surface area contributed by atoms with Crippen LogP contribution in [0.2, 0.25) is 0 Å². The quantitative estimate of drug-likeness (QED) is 0.723. The largest absolute Gasteiger partial charge is 0.444 e. The van der Waals surface area contributed by atoms with Gasteiger partial charge >= 0.3 is 6.09 Å². The zero-order valence-electron chi connectivity index (χ0n) is 18.0. The molecule has 1 saturated heterocycles. The summed E-state index contributed by atoms with van der Waals surface area (Å²) in [4.78, 5) is 21.1. The Morgan fingerprint density at radius 2 is 1.87 bits per heavy atom. The van der Waals surface area contributed by atoms with Crippen LogP contribution in [0.15, 0.2) is 23.1 Å². The molecule has 9 heteroatoms. The number of aromatic nitrogens is 3. The molecule has 0 radical (unpaired) electrons. The Labute approximate surface area is 186 Å². The number of ether oxygens (including phenoxy) is 1. The van der Waals surface area contributed by atoms with Gasteiger partial charge in [-0.1, -0.05) is 0 Å². The van der Waals surface area contributed by atoms with Gasteiger partial charge in [0, 0.05) is 48.9 Å².